The maximum atomic E-state index is 13.7. The number of phenols is 1. The fraction of sp³-hybridized carbons (Fsp3) is 0.0455. The maximum absolute atomic E-state index is 13.7. The second-order valence-corrected chi connectivity index (χ2v) is 6.50. The zero-order valence-electron chi connectivity index (χ0n) is 15.1. The van der Waals surface area contributed by atoms with Gasteiger partial charge in [0.2, 0.25) is 5.88 Å². The molecule has 1 heterocycles. The Morgan fingerprint density at radius 2 is 1.76 bits per heavy atom. The molecule has 3 N–H and O–H groups in total. The van der Waals surface area contributed by atoms with E-state index >= 15 is 0 Å². The maximum Gasteiger partial charge on any atom is 0.269 e. The number of carbonyl (C=O) groups is 1. The number of amides is 1. The lowest BCUT2D eigenvalue weighted by Gasteiger charge is -2.04. The van der Waals surface area contributed by atoms with E-state index in [1.807, 2.05) is 0 Å². The van der Waals surface area contributed by atoms with Crippen molar-refractivity contribution in [3.8, 4) is 22.8 Å². The van der Waals surface area contributed by atoms with Crippen molar-refractivity contribution >= 4 is 22.5 Å². The van der Waals surface area contributed by atoms with E-state index < -0.39 is 5.91 Å². The number of fused-ring (bicyclic) bond motifs is 1. The van der Waals surface area contributed by atoms with E-state index in [-0.39, 0.29) is 29.6 Å². The van der Waals surface area contributed by atoms with Crippen molar-refractivity contribution in [2.24, 2.45) is 10.2 Å². The van der Waals surface area contributed by atoms with Crippen molar-refractivity contribution in [1.82, 2.24) is 4.98 Å². The van der Waals surface area contributed by atoms with Crippen molar-refractivity contribution in [2.75, 3.05) is 0 Å². The summed E-state index contributed by atoms with van der Waals surface area (Å²) in [6.45, 7) is 0. The number of carbonyl (C=O) groups excluding carboxylic acids is 1. The van der Waals surface area contributed by atoms with Crippen LogP contribution in [0.15, 0.2) is 77.0 Å². The van der Waals surface area contributed by atoms with E-state index in [0.29, 0.717) is 27.6 Å². The van der Waals surface area contributed by atoms with E-state index in [4.69, 9.17) is 0 Å². The molecular formula is C22H16FN3O3. The van der Waals surface area contributed by atoms with Crippen LogP contribution in [0.1, 0.15) is 5.56 Å². The number of azo groups is 1. The Kier molecular flexibility index (Phi) is 4.78. The number of aromatic nitrogens is 1. The highest BCUT2D eigenvalue weighted by Gasteiger charge is 2.16. The molecule has 1 amide bonds. The SMILES string of the molecule is O=C(Cc1ccc(O)cc1)N=Nc1c(O)[nH]c2cccc(-c3cccc(F)c3)c12. The van der Waals surface area contributed by atoms with Crippen LogP contribution in [-0.4, -0.2) is 21.1 Å². The Bertz CT molecular complexity index is 1230. The molecule has 0 aliphatic heterocycles. The van der Waals surface area contributed by atoms with E-state index in [1.54, 1.807) is 42.5 Å². The van der Waals surface area contributed by atoms with Crippen molar-refractivity contribution in [3.05, 3.63) is 78.1 Å². The average molecular weight is 389 g/mol. The second-order valence-electron chi connectivity index (χ2n) is 6.50. The number of benzene rings is 3. The molecule has 0 atom stereocenters. The summed E-state index contributed by atoms with van der Waals surface area (Å²) in [5, 5.41) is 27.8. The van der Waals surface area contributed by atoms with Gasteiger partial charge in [-0.1, -0.05) is 36.4 Å². The second kappa shape index (κ2) is 7.55. The number of hydrogen-bond donors (Lipinski definition) is 3. The summed E-state index contributed by atoms with van der Waals surface area (Å²) in [5.41, 5.74) is 2.64. The van der Waals surface area contributed by atoms with Crippen molar-refractivity contribution in [2.45, 2.75) is 6.42 Å². The van der Waals surface area contributed by atoms with Crippen LogP contribution in [0.4, 0.5) is 10.1 Å². The quantitative estimate of drug-likeness (QED) is 0.416. The van der Waals surface area contributed by atoms with Crippen LogP contribution in [-0.2, 0) is 11.2 Å². The van der Waals surface area contributed by atoms with Gasteiger partial charge in [-0.3, -0.25) is 4.79 Å². The minimum Gasteiger partial charge on any atom is -0.508 e. The van der Waals surface area contributed by atoms with E-state index in [0.717, 1.165) is 0 Å². The first-order chi connectivity index (χ1) is 14.0. The van der Waals surface area contributed by atoms with Crippen LogP contribution in [0.5, 0.6) is 11.6 Å². The molecule has 29 heavy (non-hydrogen) atoms. The molecule has 4 rings (SSSR count). The molecular weight excluding hydrogens is 373 g/mol. The number of aromatic amines is 1. The molecule has 3 aromatic carbocycles. The molecule has 7 heteroatoms. The Balaban J connectivity index is 1.70. The first-order valence-electron chi connectivity index (χ1n) is 8.83. The minimum absolute atomic E-state index is 0.00362. The van der Waals surface area contributed by atoms with Gasteiger partial charge >= 0.3 is 0 Å². The highest BCUT2D eigenvalue weighted by atomic mass is 19.1. The van der Waals surface area contributed by atoms with E-state index in [9.17, 15) is 19.4 Å². The summed E-state index contributed by atoms with van der Waals surface area (Å²) in [4.78, 5) is 15.0. The Hall–Kier alpha value is -4.00. The number of halogens is 1. The van der Waals surface area contributed by atoms with Gasteiger partial charge < -0.3 is 15.2 Å². The summed E-state index contributed by atoms with van der Waals surface area (Å²) in [6, 6.07) is 17.6. The summed E-state index contributed by atoms with van der Waals surface area (Å²) >= 11 is 0. The number of phenolic OH excluding ortho intramolecular Hbond substituents is 1. The van der Waals surface area contributed by atoms with Crippen LogP contribution in [0.2, 0.25) is 0 Å². The number of rotatable bonds is 4. The highest BCUT2D eigenvalue weighted by molar-refractivity contribution is 6.05. The number of hydrogen-bond acceptors (Lipinski definition) is 4. The molecule has 4 aromatic rings. The molecule has 0 aliphatic carbocycles. The summed E-state index contributed by atoms with van der Waals surface area (Å²) in [5.74, 6) is -1.01. The van der Waals surface area contributed by atoms with Crippen molar-refractivity contribution in [1.29, 1.82) is 0 Å². The van der Waals surface area contributed by atoms with Gasteiger partial charge in [0.05, 0.1) is 11.9 Å². The molecule has 0 spiro atoms. The molecule has 0 bridgehead atoms. The normalized spacial score (nSPS) is 11.3. The number of nitrogens with one attached hydrogen (secondary N) is 1. The Morgan fingerprint density at radius 3 is 2.52 bits per heavy atom. The van der Waals surface area contributed by atoms with Gasteiger partial charge in [0.1, 0.15) is 11.6 Å². The zero-order valence-corrected chi connectivity index (χ0v) is 15.1. The van der Waals surface area contributed by atoms with E-state index in [2.05, 4.69) is 15.2 Å². The average Bonchev–Trinajstić information content (AvgIpc) is 3.03. The summed E-state index contributed by atoms with van der Waals surface area (Å²) in [6.07, 6.45) is 0.00362. The van der Waals surface area contributed by atoms with Gasteiger partial charge in [0, 0.05) is 5.39 Å². The first kappa shape index (κ1) is 18.4. The van der Waals surface area contributed by atoms with Gasteiger partial charge in [-0.25, -0.2) is 4.39 Å². The fourth-order valence-electron chi connectivity index (χ4n) is 3.14. The lowest BCUT2D eigenvalue weighted by Crippen LogP contribution is -1.97. The molecule has 0 fully saturated rings. The van der Waals surface area contributed by atoms with Gasteiger partial charge in [-0.2, -0.15) is 0 Å². The Morgan fingerprint density at radius 1 is 1.00 bits per heavy atom. The van der Waals surface area contributed by atoms with Gasteiger partial charge in [0.15, 0.2) is 5.69 Å². The molecule has 0 saturated carbocycles. The van der Waals surface area contributed by atoms with Gasteiger partial charge in [-0.15, -0.1) is 10.2 Å². The molecule has 1 aromatic heterocycles. The molecule has 0 unspecified atom stereocenters. The largest absolute Gasteiger partial charge is 0.508 e. The zero-order chi connectivity index (χ0) is 20.4. The predicted octanol–water partition coefficient (Wildman–Crippen LogP) is 5.24. The number of nitrogens with zero attached hydrogens (tertiary/aromatic N) is 2. The number of H-pyrrole nitrogens is 1. The molecule has 0 aliphatic rings. The van der Waals surface area contributed by atoms with Crippen LogP contribution >= 0.6 is 0 Å². The third kappa shape index (κ3) is 3.84. The standard InChI is InChI=1S/C22H16FN3O3/c23-15-4-1-3-14(12-15)17-5-2-6-18-20(17)21(22(29)24-18)26-25-19(28)11-13-7-9-16(27)10-8-13/h1-10,12,24,27,29H,11H2. The molecule has 6 nitrogen and oxygen atoms in total. The monoisotopic (exact) mass is 389 g/mol. The van der Waals surface area contributed by atoms with Crippen molar-refractivity contribution in [3.63, 3.8) is 0 Å². The molecule has 0 radical (unpaired) electrons. The van der Waals surface area contributed by atoms with E-state index in [1.165, 1.54) is 24.3 Å². The minimum atomic E-state index is -0.507. The van der Waals surface area contributed by atoms with Crippen molar-refractivity contribution < 1.29 is 19.4 Å². The van der Waals surface area contributed by atoms with Crippen LogP contribution in [0.3, 0.4) is 0 Å². The first-order valence-corrected chi connectivity index (χ1v) is 8.83. The smallest absolute Gasteiger partial charge is 0.269 e. The third-order valence-corrected chi connectivity index (χ3v) is 4.47. The summed E-state index contributed by atoms with van der Waals surface area (Å²) in [7, 11) is 0. The van der Waals surface area contributed by atoms with Crippen LogP contribution in [0.25, 0.3) is 22.0 Å². The van der Waals surface area contributed by atoms with Crippen LogP contribution in [0, 0.1) is 5.82 Å². The lowest BCUT2D eigenvalue weighted by atomic mass is 10.0. The van der Waals surface area contributed by atoms with Gasteiger partial charge in [-0.05, 0) is 47.0 Å². The third-order valence-electron chi connectivity index (χ3n) is 4.47. The van der Waals surface area contributed by atoms with Gasteiger partial charge in [0.25, 0.3) is 5.91 Å². The van der Waals surface area contributed by atoms with Crippen LogP contribution < -0.4 is 0 Å². The lowest BCUT2D eigenvalue weighted by molar-refractivity contribution is -0.117. The predicted molar refractivity (Wildman–Crippen MR) is 107 cm³/mol. The molecule has 144 valence electrons. The summed E-state index contributed by atoms with van der Waals surface area (Å²) < 4.78 is 13.7. The molecule has 0 saturated heterocycles. The topological polar surface area (TPSA) is 98.0 Å². The number of aromatic hydroxyl groups is 2. The Labute approximate surface area is 165 Å². The fourth-order valence-corrected chi connectivity index (χ4v) is 3.14. The highest BCUT2D eigenvalue weighted by Crippen LogP contribution is 2.41.